The zero-order chi connectivity index (χ0) is 20.7. The van der Waals surface area contributed by atoms with E-state index >= 15 is 0 Å². The molecule has 6 nitrogen and oxygen atoms in total. The number of carboxylic acids is 1. The van der Waals surface area contributed by atoms with Crippen molar-refractivity contribution in [3.8, 4) is 0 Å². The molecule has 0 bridgehead atoms. The second-order valence-corrected chi connectivity index (χ2v) is 7.52. The topological polar surface area (TPSA) is 95.5 Å². The predicted molar refractivity (Wildman–Crippen MR) is 110 cm³/mol. The molecule has 3 N–H and O–H groups in total. The van der Waals surface area contributed by atoms with Crippen molar-refractivity contribution in [2.75, 3.05) is 0 Å². The van der Waals surface area contributed by atoms with Gasteiger partial charge >= 0.3 is 5.97 Å². The van der Waals surface area contributed by atoms with Gasteiger partial charge in [-0.1, -0.05) is 30.3 Å². The van der Waals surface area contributed by atoms with E-state index in [9.17, 15) is 23.9 Å². The molecule has 2 amide bonds. The Bertz CT molecular complexity index is 858. The summed E-state index contributed by atoms with van der Waals surface area (Å²) in [4.78, 5) is 35.7. The van der Waals surface area contributed by atoms with E-state index in [1.165, 1.54) is 25.1 Å². The van der Waals surface area contributed by atoms with E-state index < -0.39 is 35.7 Å². The summed E-state index contributed by atoms with van der Waals surface area (Å²) in [5.74, 6) is -2.85. The fourth-order valence-corrected chi connectivity index (χ4v) is 3.03. The standard InChI is InChI=1S/C20H20FIN2O4/c1-12(25)23-17(11-14-4-2-3-5-16(14)21)19(26)24-18(20(27)28)10-13-6-8-15(22)9-7-13/h2-9,17-18H,10-11H2,1H3,(H,23,25)(H,24,26)(H,27,28)/t17-,18+/m0/s1. The van der Waals surface area contributed by atoms with Crippen LogP contribution in [0.2, 0.25) is 0 Å². The summed E-state index contributed by atoms with van der Waals surface area (Å²) >= 11 is 2.14. The first-order valence-corrected chi connectivity index (χ1v) is 9.62. The summed E-state index contributed by atoms with van der Waals surface area (Å²) < 4.78 is 14.9. The van der Waals surface area contributed by atoms with Crippen LogP contribution in [-0.4, -0.2) is 35.0 Å². The number of hydrogen-bond acceptors (Lipinski definition) is 3. The van der Waals surface area contributed by atoms with Gasteiger partial charge in [-0.3, -0.25) is 9.59 Å². The van der Waals surface area contributed by atoms with Crippen molar-refractivity contribution in [2.24, 2.45) is 0 Å². The highest BCUT2D eigenvalue weighted by Gasteiger charge is 2.27. The molecule has 0 saturated heterocycles. The van der Waals surface area contributed by atoms with Crippen molar-refractivity contribution in [1.29, 1.82) is 0 Å². The van der Waals surface area contributed by atoms with Crippen molar-refractivity contribution in [2.45, 2.75) is 31.8 Å². The van der Waals surface area contributed by atoms with Gasteiger partial charge in [0.1, 0.15) is 17.9 Å². The number of hydrogen-bond donors (Lipinski definition) is 3. The first kappa shape index (κ1) is 21.8. The average Bonchev–Trinajstić information content (AvgIpc) is 2.63. The van der Waals surface area contributed by atoms with Crippen LogP contribution in [0.1, 0.15) is 18.1 Å². The Balaban J connectivity index is 2.14. The summed E-state index contributed by atoms with van der Waals surface area (Å²) in [7, 11) is 0. The van der Waals surface area contributed by atoms with E-state index in [4.69, 9.17) is 0 Å². The summed E-state index contributed by atoms with van der Waals surface area (Å²) in [5, 5.41) is 14.4. The van der Waals surface area contributed by atoms with Gasteiger partial charge in [0.2, 0.25) is 11.8 Å². The molecule has 2 aromatic carbocycles. The summed E-state index contributed by atoms with van der Waals surface area (Å²) in [6.07, 6.45) is -0.00155. The van der Waals surface area contributed by atoms with Gasteiger partial charge in [-0.15, -0.1) is 0 Å². The van der Waals surface area contributed by atoms with E-state index in [2.05, 4.69) is 33.2 Å². The van der Waals surface area contributed by atoms with E-state index in [-0.39, 0.29) is 18.4 Å². The van der Waals surface area contributed by atoms with Crippen LogP contribution in [0, 0.1) is 9.39 Å². The van der Waals surface area contributed by atoms with Crippen LogP contribution in [0.15, 0.2) is 48.5 Å². The van der Waals surface area contributed by atoms with Gasteiger partial charge in [-0.05, 0) is 51.9 Å². The van der Waals surface area contributed by atoms with Gasteiger partial charge in [0.05, 0.1) is 0 Å². The molecular weight excluding hydrogens is 478 g/mol. The number of halogens is 2. The third-order valence-electron chi connectivity index (χ3n) is 4.04. The van der Waals surface area contributed by atoms with Crippen molar-refractivity contribution in [3.05, 3.63) is 69.0 Å². The molecule has 0 aliphatic carbocycles. The molecular formula is C20H20FIN2O4. The molecule has 0 unspecified atom stereocenters. The van der Waals surface area contributed by atoms with Crippen LogP contribution in [0.25, 0.3) is 0 Å². The molecule has 0 fully saturated rings. The molecule has 148 valence electrons. The van der Waals surface area contributed by atoms with Crippen molar-refractivity contribution < 1.29 is 23.9 Å². The highest BCUT2D eigenvalue weighted by atomic mass is 127. The number of carbonyl (C=O) groups is 3. The van der Waals surface area contributed by atoms with Gasteiger partial charge in [0.15, 0.2) is 0 Å². The third-order valence-corrected chi connectivity index (χ3v) is 4.76. The minimum absolute atomic E-state index is 0.0878. The number of benzene rings is 2. The zero-order valence-corrected chi connectivity index (χ0v) is 17.3. The van der Waals surface area contributed by atoms with Gasteiger partial charge in [-0.2, -0.15) is 0 Å². The van der Waals surface area contributed by atoms with Crippen LogP contribution in [-0.2, 0) is 27.2 Å². The third kappa shape index (κ3) is 6.59. The summed E-state index contributed by atoms with van der Waals surface area (Å²) in [5.41, 5.74) is 0.999. The Hall–Kier alpha value is -2.49. The number of amides is 2. The maximum Gasteiger partial charge on any atom is 0.326 e. The molecule has 2 rings (SSSR count). The van der Waals surface area contributed by atoms with Crippen LogP contribution in [0.5, 0.6) is 0 Å². The largest absolute Gasteiger partial charge is 0.480 e. The lowest BCUT2D eigenvalue weighted by molar-refractivity contribution is -0.142. The lowest BCUT2D eigenvalue weighted by Crippen LogP contribution is -2.52. The fourth-order valence-electron chi connectivity index (χ4n) is 2.67. The number of nitrogens with one attached hydrogen (secondary N) is 2. The Morgan fingerprint density at radius 2 is 1.64 bits per heavy atom. The fraction of sp³-hybridized carbons (Fsp3) is 0.250. The lowest BCUT2D eigenvalue weighted by Gasteiger charge is -2.21. The maximum absolute atomic E-state index is 13.9. The van der Waals surface area contributed by atoms with Crippen LogP contribution in [0.4, 0.5) is 4.39 Å². The molecule has 0 radical (unpaired) electrons. The molecule has 28 heavy (non-hydrogen) atoms. The van der Waals surface area contributed by atoms with E-state index in [0.29, 0.717) is 0 Å². The van der Waals surface area contributed by atoms with Gasteiger partial charge in [0.25, 0.3) is 0 Å². The van der Waals surface area contributed by atoms with Crippen LogP contribution in [0.3, 0.4) is 0 Å². The molecule has 0 aliphatic heterocycles. The van der Waals surface area contributed by atoms with Gasteiger partial charge < -0.3 is 15.7 Å². The van der Waals surface area contributed by atoms with Gasteiger partial charge in [0, 0.05) is 23.3 Å². The predicted octanol–water partition coefficient (Wildman–Crippen LogP) is 2.29. The van der Waals surface area contributed by atoms with Gasteiger partial charge in [-0.25, -0.2) is 9.18 Å². The van der Waals surface area contributed by atoms with Crippen molar-refractivity contribution >= 4 is 40.4 Å². The molecule has 2 aromatic rings. The summed E-state index contributed by atoms with van der Waals surface area (Å²) in [6.45, 7) is 1.24. The quantitative estimate of drug-likeness (QED) is 0.487. The lowest BCUT2D eigenvalue weighted by atomic mass is 10.0. The first-order chi connectivity index (χ1) is 13.3. The summed E-state index contributed by atoms with van der Waals surface area (Å²) in [6, 6.07) is 10.9. The first-order valence-electron chi connectivity index (χ1n) is 8.54. The van der Waals surface area contributed by atoms with Crippen molar-refractivity contribution in [3.63, 3.8) is 0 Å². The maximum atomic E-state index is 13.9. The average molecular weight is 498 g/mol. The second kappa shape index (κ2) is 10.2. The number of carbonyl (C=O) groups excluding carboxylic acids is 2. The van der Waals surface area contributed by atoms with Crippen molar-refractivity contribution in [1.82, 2.24) is 10.6 Å². The Morgan fingerprint density at radius 3 is 2.21 bits per heavy atom. The van der Waals surface area contributed by atoms with E-state index in [1.54, 1.807) is 18.2 Å². The normalized spacial score (nSPS) is 12.7. The molecule has 0 saturated carbocycles. The van der Waals surface area contributed by atoms with Crippen LogP contribution >= 0.6 is 22.6 Å². The Kier molecular flexibility index (Phi) is 7.91. The van der Waals surface area contributed by atoms with E-state index in [0.717, 1.165) is 9.13 Å². The molecule has 0 heterocycles. The number of carboxylic acid groups (broad SMARTS) is 1. The minimum Gasteiger partial charge on any atom is -0.480 e. The molecule has 0 aromatic heterocycles. The molecule has 2 atom stereocenters. The molecule has 0 aliphatic rings. The SMILES string of the molecule is CC(=O)N[C@@H](Cc1ccccc1F)C(=O)N[C@H](Cc1ccc(I)cc1)C(=O)O. The monoisotopic (exact) mass is 498 g/mol. The molecule has 0 spiro atoms. The zero-order valence-electron chi connectivity index (χ0n) is 15.1. The Labute approximate surface area is 175 Å². The number of aliphatic carboxylic acids is 1. The second-order valence-electron chi connectivity index (χ2n) is 6.28. The minimum atomic E-state index is -1.20. The van der Waals surface area contributed by atoms with E-state index in [1.807, 2.05) is 12.1 Å². The highest BCUT2D eigenvalue weighted by Crippen LogP contribution is 2.11. The smallest absolute Gasteiger partial charge is 0.326 e. The highest BCUT2D eigenvalue weighted by molar-refractivity contribution is 14.1. The molecule has 8 heteroatoms. The number of rotatable bonds is 8. The Morgan fingerprint density at radius 1 is 1.00 bits per heavy atom. The van der Waals surface area contributed by atoms with Crippen LogP contribution < -0.4 is 10.6 Å².